The van der Waals surface area contributed by atoms with E-state index < -0.39 is 0 Å². The Bertz CT molecular complexity index is 694. The standard InChI is InChI=1S/C10H8.C6H3F/c1-2-6-10-8-4-3-7-9(10)5-1;7-6-3-4-1-2-5(4)6/h1-8H;1-3H. The number of hydrogen-bond acceptors (Lipinski definition) is 0. The molecule has 0 N–H and O–H groups in total. The maximum absolute atomic E-state index is 12.0. The van der Waals surface area contributed by atoms with Gasteiger partial charge in [-0.2, -0.15) is 0 Å². The van der Waals surface area contributed by atoms with Gasteiger partial charge in [-0.15, -0.1) is 0 Å². The lowest BCUT2D eigenvalue weighted by Crippen LogP contribution is -1.90. The zero-order chi connectivity index (χ0) is 11.7. The third-order valence-electron chi connectivity index (χ3n) is 2.94. The molecule has 0 spiro atoms. The van der Waals surface area contributed by atoms with E-state index in [1.807, 2.05) is 6.07 Å². The molecule has 0 aromatic heterocycles. The molecule has 4 rings (SSSR count). The molecule has 0 bridgehead atoms. The molecule has 2 aromatic rings. The van der Waals surface area contributed by atoms with E-state index in [0.29, 0.717) is 0 Å². The SMILES string of the molecule is Fc1cc2ccc1=2.c1ccc2ccccc2c1. The minimum absolute atomic E-state index is 0.0579. The maximum Gasteiger partial charge on any atom is 0.131 e. The van der Waals surface area contributed by atoms with Crippen LogP contribution in [0, 0.1) is 16.3 Å². The summed E-state index contributed by atoms with van der Waals surface area (Å²) in [6.07, 6.45) is 0. The van der Waals surface area contributed by atoms with E-state index in [9.17, 15) is 4.39 Å². The summed E-state index contributed by atoms with van der Waals surface area (Å²) < 4.78 is 12.0. The highest BCUT2D eigenvalue weighted by Gasteiger charge is 2.01. The summed E-state index contributed by atoms with van der Waals surface area (Å²) in [7, 11) is 0. The monoisotopic (exact) mass is 222 g/mol. The van der Waals surface area contributed by atoms with Crippen molar-refractivity contribution in [2.24, 2.45) is 0 Å². The van der Waals surface area contributed by atoms with Gasteiger partial charge in [0, 0.05) is 5.22 Å². The molecule has 0 atom stereocenters. The molecule has 1 heteroatoms. The Morgan fingerprint density at radius 2 is 1.18 bits per heavy atom. The molecule has 0 aliphatic heterocycles. The van der Waals surface area contributed by atoms with Crippen molar-refractivity contribution in [3.8, 4) is 0 Å². The Morgan fingerprint density at radius 1 is 0.647 bits per heavy atom. The highest BCUT2D eigenvalue weighted by atomic mass is 19.1. The third-order valence-corrected chi connectivity index (χ3v) is 2.94. The lowest BCUT2D eigenvalue weighted by molar-refractivity contribution is 0.605. The van der Waals surface area contributed by atoms with Crippen LogP contribution in [0.5, 0.6) is 0 Å². The van der Waals surface area contributed by atoms with Crippen molar-refractivity contribution in [2.45, 2.75) is 0 Å². The van der Waals surface area contributed by atoms with Crippen LogP contribution in [0.3, 0.4) is 0 Å². The van der Waals surface area contributed by atoms with Crippen molar-refractivity contribution in [3.63, 3.8) is 0 Å². The first-order valence-electron chi connectivity index (χ1n) is 5.58. The van der Waals surface area contributed by atoms with E-state index in [4.69, 9.17) is 0 Å². The molecule has 0 saturated heterocycles. The minimum atomic E-state index is -0.0579. The first-order chi connectivity index (χ1) is 8.34. The van der Waals surface area contributed by atoms with Gasteiger partial charge in [0.25, 0.3) is 0 Å². The van der Waals surface area contributed by atoms with Crippen molar-refractivity contribution >= 4 is 10.8 Å². The van der Waals surface area contributed by atoms with E-state index >= 15 is 0 Å². The summed E-state index contributed by atoms with van der Waals surface area (Å²) in [5.74, 6) is -0.0579. The van der Waals surface area contributed by atoms with Crippen LogP contribution in [-0.4, -0.2) is 0 Å². The first kappa shape index (κ1) is 10.0. The van der Waals surface area contributed by atoms with Gasteiger partial charge in [0.1, 0.15) is 5.82 Å². The molecule has 0 nitrogen and oxygen atoms in total. The first-order valence-corrected chi connectivity index (χ1v) is 5.58. The van der Waals surface area contributed by atoms with Gasteiger partial charge in [0.15, 0.2) is 0 Å². The second-order valence-electron chi connectivity index (χ2n) is 4.04. The molecule has 82 valence electrons. The summed E-state index contributed by atoms with van der Waals surface area (Å²) in [4.78, 5) is 0. The van der Waals surface area contributed by atoms with E-state index in [1.54, 1.807) is 6.07 Å². The van der Waals surface area contributed by atoms with Crippen molar-refractivity contribution in [3.05, 3.63) is 83.0 Å². The highest BCUT2D eigenvalue weighted by molar-refractivity contribution is 5.81. The summed E-state index contributed by atoms with van der Waals surface area (Å²) in [5, 5.41) is 4.49. The molecule has 0 amide bonds. The summed E-state index contributed by atoms with van der Waals surface area (Å²) in [5.41, 5.74) is 0. The van der Waals surface area contributed by atoms with Crippen LogP contribution in [0.1, 0.15) is 0 Å². The minimum Gasteiger partial charge on any atom is -0.206 e. The third kappa shape index (κ3) is 1.80. The van der Waals surface area contributed by atoms with Crippen LogP contribution in [0.25, 0.3) is 10.8 Å². The second-order valence-corrected chi connectivity index (χ2v) is 4.04. The zero-order valence-electron chi connectivity index (χ0n) is 9.23. The van der Waals surface area contributed by atoms with Crippen LogP contribution in [-0.2, 0) is 0 Å². The fourth-order valence-electron chi connectivity index (χ4n) is 1.88. The zero-order valence-corrected chi connectivity index (χ0v) is 9.23. The Labute approximate surface area is 98.6 Å². The summed E-state index contributed by atoms with van der Waals surface area (Å²) >= 11 is 0. The number of halogens is 1. The van der Waals surface area contributed by atoms with Crippen LogP contribution >= 0.6 is 0 Å². The fourth-order valence-corrected chi connectivity index (χ4v) is 1.88. The van der Waals surface area contributed by atoms with Gasteiger partial charge in [-0.3, -0.25) is 0 Å². The second kappa shape index (κ2) is 4.02. The Kier molecular flexibility index (Phi) is 2.37. The number of fused-ring (bicyclic) bond motifs is 1. The molecule has 17 heavy (non-hydrogen) atoms. The normalized spacial score (nSPS) is 10.6. The van der Waals surface area contributed by atoms with Gasteiger partial charge >= 0.3 is 0 Å². The van der Waals surface area contributed by atoms with E-state index in [0.717, 1.165) is 10.4 Å². The lowest BCUT2D eigenvalue weighted by atomic mass is 10.1. The molecular formula is C16H11F. The van der Waals surface area contributed by atoms with Gasteiger partial charge in [-0.1, -0.05) is 60.7 Å². The van der Waals surface area contributed by atoms with E-state index in [1.165, 1.54) is 16.8 Å². The number of rotatable bonds is 0. The quantitative estimate of drug-likeness (QED) is 0.417. The molecule has 2 aliphatic rings. The van der Waals surface area contributed by atoms with Crippen molar-refractivity contribution in [1.29, 1.82) is 0 Å². The van der Waals surface area contributed by atoms with Crippen LogP contribution < -0.4 is 0 Å². The molecule has 2 aliphatic carbocycles. The van der Waals surface area contributed by atoms with Crippen LogP contribution in [0.2, 0.25) is 0 Å². The van der Waals surface area contributed by atoms with Crippen molar-refractivity contribution < 1.29 is 4.39 Å². The summed E-state index contributed by atoms with van der Waals surface area (Å²) in [6.45, 7) is 0. The molecule has 0 saturated carbocycles. The predicted octanol–water partition coefficient (Wildman–Crippen LogP) is 4.27. The molecule has 0 fully saturated rings. The Balaban J connectivity index is 0.000000113. The fraction of sp³-hybridized carbons (Fsp3) is 0. The molecule has 0 radical (unpaired) electrons. The van der Waals surface area contributed by atoms with Crippen LogP contribution in [0.15, 0.2) is 66.7 Å². The Hall–Kier alpha value is -2.15. The van der Waals surface area contributed by atoms with Gasteiger partial charge in [0.05, 0.1) is 0 Å². The van der Waals surface area contributed by atoms with Gasteiger partial charge in [0.2, 0.25) is 0 Å². The van der Waals surface area contributed by atoms with Gasteiger partial charge in [-0.25, -0.2) is 4.39 Å². The molecule has 0 heterocycles. The van der Waals surface area contributed by atoms with Crippen LogP contribution in [0.4, 0.5) is 4.39 Å². The summed E-state index contributed by atoms with van der Waals surface area (Å²) in [6, 6.07) is 21.9. The topological polar surface area (TPSA) is 0 Å². The highest BCUT2D eigenvalue weighted by Crippen LogP contribution is 2.12. The molecular weight excluding hydrogens is 211 g/mol. The van der Waals surface area contributed by atoms with E-state index in [2.05, 4.69) is 48.5 Å². The lowest BCUT2D eigenvalue weighted by Gasteiger charge is -2.00. The smallest absolute Gasteiger partial charge is 0.131 e. The van der Waals surface area contributed by atoms with Gasteiger partial charge in [-0.05, 0) is 22.1 Å². The van der Waals surface area contributed by atoms with Crippen molar-refractivity contribution in [1.82, 2.24) is 0 Å². The average molecular weight is 222 g/mol. The number of hydrogen-bond donors (Lipinski definition) is 0. The largest absolute Gasteiger partial charge is 0.206 e. The maximum atomic E-state index is 12.0. The predicted molar refractivity (Wildman–Crippen MR) is 68.0 cm³/mol. The number of benzene rings is 3. The molecule has 0 unspecified atom stereocenters. The molecule has 2 aromatic carbocycles. The average Bonchev–Trinajstić information content (AvgIpc) is 2.36. The van der Waals surface area contributed by atoms with Crippen molar-refractivity contribution in [2.75, 3.05) is 0 Å². The Morgan fingerprint density at radius 3 is 1.35 bits per heavy atom. The van der Waals surface area contributed by atoms with E-state index in [-0.39, 0.29) is 5.82 Å². The van der Waals surface area contributed by atoms with Gasteiger partial charge < -0.3 is 0 Å².